The van der Waals surface area contributed by atoms with Gasteiger partial charge in [0.2, 0.25) is 11.7 Å². The van der Waals surface area contributed by atoms with Crippen LogP contribution in [0.15, 0.2) is 10.7 Å². The maximum atomic E-state index is 11.5. The summed E-state index contributed by atoms with van der Waals surface area (Å²) in [5.74, 6) is -0.516. The summed E-state index contributed by atoms with van der Waals surface area (Å²) in [6.07, 6.45) is 1.46. The summed E-state index contributed by atoms with van der Waals surface area (Å²) in [5.41, 5.74) is 0.455. The molecule has 2 aromatic rings. The van der Waals surface area contributed by atoms with Crippen molar-refractivity contribution in [2.75, 3.05) is 6.61 Å². The van der Waals surface area contributed by atoms with Crippen molar-refractivity contribution in [3.8, 4) is 11.5 Å². The van der Waals surface area contributed by atoms with Crippen LogP contribution in [0.1, 0.15) is 25.7 Å². The molecule has 2 aromatic heterocycles. The van der Waals surface area contributed by atoms with Gasteiger partial charge in [0, 0.05) is 0 Å². The second-order valence-electron chi connectivity index (χ2n) is 3.29. The quantitative estimate of drug-likeness (QED) is 0.772. The summed E-state index contributed by atoms with van der Waals surface area (Å²) < 4.78 is 9.83. The van der Waals surface area contributed by atoms with Crippen molar-refractivity contribution in [2.24, 2.45) is 0 Å². The predicted molar refractivity (Wildman–Crippen MR) is 54.7 cm³/mol. The van der Waals surface area contributed by atoms with Gasteiger partial charge in [-0.3, -0.25) is 4.79 Å². The molecular formula is C9H11N5O3. The number of nitrogens with zero attached hydrogens (tertiary/aromatic N) is 4. The van der Waals surface area contributed by atoms with Crippen LogP contribution in [0.5, 0.6) is 0 Å². The van der Waals surface area contributed by atoms with E-state index in [1.54, 1.807) is 13.8 Å². The third-order valence-electron chi connectivity index (χ3n) is 2.10. The lowest BCUT2D eigenvalue weighted by atomic mass is 10.2. The van der Waals surface area contributed by atoms with Crippen LogP contribution in [-0.2, 0) is 9.53 Å². The lowest BCUT2D eigenvalue weighted by molar-refractivity contribution is -0.145. The number of hydrogen-bond donors (Lipinski definition) is 1. The van der Waals surface area contributed by atoms with Crippen molar-refractivity contribution in [2.45, 2.75) is 19.8 Å². The number of esters is 1. The fourth-order valence-electron chi connectivity index (χ4n) is 1.19. The number of aromatic nitrogens is 5. The van der Waals surface area contributed by atoms with Gasteiger partial charge in [0.05, 0.1) is 12.8 Å². The Hall–Kier alpha value is -2.25. The van der Waals surface area contributed by atoms with E-state index < -0.39 is 11.9 Å². The Morgan fingerprint density at radius 3 is 3.12 bits per heavy atom. The van der Waals surface area contributed by atoms with Crippen LogP contribution in [0.3, 0.4) is 0 Å². The van der Waals surface area contributed by atoms with Gasteiger partial charge in [-0.2, -0.15) is 20.4 Å². The maximum Gasteiger partial charge on any atom is 0.318 e. The van der Waals surface area contributed by atoms with Crippen LogP contribution < -0.4 is 0 Å². The van der Waals surface area contributed by atoms with Crippen LogP contribution >= 0.6 is 0 Å². The van der Waals surface area contributed by atoms with E-state index in [4.69, 9.17) is 9.26 Å². The van der Waals surface area contributed by atoms with Gasteiger partial charge >= 0.3 is 5.97 Å². The highest BCUT2D eigenvalue weighted by molar-refractivity contribution is 5.76. The molecule has 8 nitrogen and oxygen atoms in total. The third-order valence-corrected chi connectivity index (χ3v) is 2.10. The molecule has 90 valence electrons. The van der Waals surface area contributed by atoms with Gasteiger partial charge < -0.3 is 9.26 Å². The lowest BCUT2D eigenvalue weighted by Gasteiger charge is -2.04. The van der Waals surface area contributed by atoms with Gasteiger partial charge in [-0.1, -0.05) is 5.16 Å². The Balaban J connectivity index is 2.16. The second kappa shape index (κ2) is 4.73. The summed E-state index contributed by atoms with van der Waals surface area (Å²) in [7, 11) is 0. The molecule has 1 unspecified atom stereocenters. The van der Waals surface area contributed by atoms with Crippen molar-refractivity contribution in [1.82, 2.24) is 25.6 Å². The smallest absolute Gasteiger partial charge is 0.318 e. The molecule has 1 N–H and O–H groups in total. The van der Waals surface area contributed by atoms with E-state index in [1.165, 1.54) is 6.20 Å². The normalized spacial score (nSPS) is 12.4. The van der Waals surface area contributed by atoms with Crippen LogP contribution in [-0.4, -0.2) is 38.1 Å². The number of ether oxygens (including phenoxy) is 1. The Bertz CT molecular complexity index is 492. The van der Waals surface area contributed by atoms with Gasteiger partial charge in [0.1, 0.15) is 5.92 Å². The van der Waals surface area contributed by atoms with Crippen LogP contribution in [0.25, 0.3) is 11.5 Å². The van der Waals surface area contributed by atoms with E-state index in [9.17, 15) is 4.79 Å². The van der Waals surface area contributed by atoms with E-state index in [0.717, 1.165) is 0 Å². The Kier molecular flexibility index (Phi) is 3.12. The number of carbonyl (C=O) groups excluding carboxylic acids is 1. The van der Waals surface area contributed by atoms with Gasteiger partial charge in [-0.05, 0) is 13.8 Å². The van der Waals surface area contributed by atoms with Crippen LogP contribution in [0, 0.1) is 0 Å². The van der Waals surface area contributed by atoms with Crippen molar-refractivity contribution in [3.63, 3.8) is 0 Å². The minimum atomic E-state index is -0.594. The number of nitrogens with one attached hydrogen (secondary N) is 1. The zero-order valence-corrected chi connectivity index (χ0v) is 9.38. The predicted octanol–water partition coefficient (Wildman–Crippen LogP) is 0.521. The number of H-pyrrole nitrogens is 1. The highest BCUT2D eigenvalue weighted by Crippen LogP contribution is 2.18. The summed E-state index contributed by atoms with van der Waals surface area (Å²) in [5, 5.41) is 13.6. The largest absolute Gasteiger partial charge is 0.465 e. The number of aromatic amines is 1. The molecule has 0 spiro atoms. The first-order valence-electron chi connectivity index (χ1n) is 5.08. The molecule has 0 fully saturated rings. The standard InChI is InChI=1S/C9H11N5O3/c1-3-16-9(15)5(2)8-11-7(13-17-8)6-4-10-14-12-6/h4-5H,3H2,1-2H3,(H,10,12,14). The average molecular weight is 237 g/mol. The van der Waals surface area contributed by atoms with E-state index >= 15 is 0 Å². The fourth-order valence-corrected chi connectivity index (χ4v) is 1.19. The molecule has 0 radical (unpaired) electrons. The molecule has 0 saturated heterocycles. The molecule has 2 rings (SSSR count). The van der Waals surface area contributed by atoms with E-state index in [2.05, 4.69) is 25.6 Å². The molecule has 0 aliphatic carbocycles. The highest BCUT2D eigenvalue weighted by Gasteiger charge is 2.23. The number of rotatable bonds is 4. The molecule has 1 atom stereocenters. The first-order valence-corrected chi connectivity index (χ1v) is 5.08. The first-order chi connectivity index (χ1) is 8.22. The Morgan fingerprint density at radius 1 is 1.65 bits per heavy atom. The van der Waals surface area contributed by atoms with Gasteiger partial charge in [-0.25, -0.2) is 0 Å². The van der Waals surface area contributed by atoms with Crippen molar-refractivity contribution < 1.29 is 14.1 Å². The van der Waals surface area contributed by atoms with Gasteiger partial charge in [0.25, 0.3) is 0 Å². The highest BCUT2D eigenvalue weighted by atomic mass is 16.5. The van der Waals surface area contributed by atoms with Crippen LogP contribution in [0.4, 0.5) is 0 Å². The number of hydrogen-bond acceptors (Lipinski definition) is 7. The van der Waals surface area contributed by atoms with E-state index in [1.807, 2.05) is 0 Å². The number of carbonyl (C=O) groups is 1. The lowest BCUT2D eigenvalue weighted by Crippen LogP contribution is -2.13. The van der Waals surface area contributed by atoms with Gasteiger partial charge in [0.15, 0.2) is 5.69 Å². The van der Waals surface area contributed by atoms with Crippen LogP contribution in [0.2, 0.25) is 0 Å². The SMILES string of the molecule is CCOC(=O)C(C)c1nc(-c2cn[nH]n2)no1. The zero-order valence-electron chi connectivity index (χ0n) is 9.38. The summed E-state index contributed by atoms with van der Waals surface area (Å²) in [6.45, 7) is 3.69. The van der Waals surface area contributed by atoms with E-state index in [-0.39, 0.29) is 11.7 Å². The van der Waals surface area contributed by atoms with E-state index in [0.29, 0.717) is 12.3 Å². The van der Waals surface area contributed by atoms with Gasteiger partial charge in [-0.15, -0.1) is 0 Å². The third kappa shape index (κ3) is 2.30. The maximum absolute atomic E-state index is 11.5. The van der Waals surface area contributed by atoms with Crippen molar-refractivity contribution in [1.29, 1.82) is 0 Å². The Labute approximate surface area is 96.4 Å². The zero-order chi connectivity index (χ0) is 12.3. The molecule has 0 aliphatic rings. The minimum Gasteiger partial charge on any atom is -0.465 e. The topological polar surface area (TPSA) is 107 Å². The average Bonchev–Trinajstić information content (AvgIpc) is 2.98. The summed E-state index contributed by atoms with van der Waals surface area (Å²) in [6, 6.07) is 0. The van der Waals surface area contributed by atoms with Crippen molar-refractivity contribution in [3.05, 3.63) is 12.1 Å². The molecule has 8 heteroatoms. The summed E-state index contributed by atoms with van der Waals surface area (Å²) in [4.78, 5) is 15.5. The molecule has 17 heavy (non-hydrogen) atoms. The first kappa shape index (κ1) is 11.2. The molecule has 0 saturated carbocycles. The molecular weight excluding hydrogens is 226 g/mol. The molecule has 2 heterocycles. The Morgan fingerprint density at radius 2 is 2.47 bits per heavy atom. The molecule has 0 aromatic carbocycles. The monoisotopic (exact) mass is 237 g/mol. The molecule has 0 aliphatic heterocycles. The second-order valence-corrected chi connectivity index (χ2v) is 3.29. The molecule has 0 bridgehead atoms. The summed E-state index contributed by atoms with van der Waals surface area (Å²) >= 11 is 0. The fraction of sp³-hybridized carbons (Fsp3) is 0.444. The van der Waals surface area contributed by atoms with Crippen molar-refractivity contribution >= 4 is 5.97 Å². The minimum absolute atomic E-state index is 0.196. The molecule has 0 amide bonds.